The van der Waals surface area contributed by atoms with E-state index in [1.807, 2.05) is 19.9 Å². The van der Waals surface area contributed by atoms with Crippen LogP contribution in [-0.4, -0.2) is 15.1 Å². The van der Waals surface area contributed by atoms with Gasteiger partial charge in [-0.25, -0.2) is 4.98 Å². The van der Waals surface area contributed by atoms with Crippen LogP contribution < -0.4 is 4.74 Å². The van der Waals surface area contributed by atoms with Crippen molar-refractivity contribution in [1.29, 1.82) is 5.26 Å². The van der Waals surface area contributed by atoms with Gasteiger partial charge in [0, 0.05) is 11.6 Å². The van der Waals surface area contributed by atoms with E-state index >= 15 is 0 Å². The van der Waals surface area contributed by atoms with Crippen molar-refractivity contribution in [3.8, 4) is 11.9 Å². The molecule has 0 aliphatic heterocycles. The molecule has 2 heterocycles. The number of pyridine rings is 1. The Labute approximate surface area is 135 Å². The first-order valence-electron chi connectivity index (χ1n) is 8.05. The summed E-state index contributed by atoms with van der Waals surface area (Å²) < 4.78 is 10.8. The first-order valence-corrected chi connectivity index (χ1v) is 8.05. The van der Waals surface area contributed by atoms with Gasteiger partial charge in [-0.05, 0) is 37.3 Å². The molecule has 23 heavy (non-hydrogen) atoms. The standard InChI is InChI=1S/C17H20N4O2/c1-11(2)16-20-15(23-21-16)10-22-17-13(9-18)8-12-6-4-3-5-7-14(12)19-17/h8,11H,3-7,10H2,1-2H3. The maximum atomic E-state index is 9.34. The van der Waals surface area contributed by atoms with E-state index in [0.29, 0.717) is 23.2 Å². The van der Waals surface area contributed by atoms with Gasteiger partial charge >= 0.3 is 0 Å². The number of fused-ring (bicyclic) bond motifs is 1. The molecular formula is C17H20N4O2. The van der Waals surface area contributed by atoms with Gasteiger partial charge in [-0.3, -0.25) is 0 Å². The summed E-state index contributed by atoms with van der Waals surface area (Å²) in [5.74, 6) is 1.61. The lowest BCUT2D eigenvalue weighted by atomic mass is 10.1. The first kappa shape index (κ1) is 15.5. The normalized spacial score (nSPS) is 14.2. The van der Waals surface area contributed by atoms with E-state index in [-0.39, 0.29) is 12.5 Å². The molecular weight excluding hydrogens is 292 g/mol. The van der Waals surface area contributed by atoms with Gasteiger partial charge in [-0.2, -0.15) is 10.2 Å². The Bertz CT molecular complexity index is 731. The highest BCUT2D eigenvalue weighted by molar-refractivity contribution is 5.43. The SMILES string of the molecule is CC(C)c1noc(COc2nc3c(cc2C#N)CCCCC3)n1. The quantitative estimate of drug-likeness (QED) is 0.805. The van der Waals surface area contributed by atoms with Crippen LogP contribution in [0.1, 0.15) is 67.6 Å². The Morgan fingerprint density at radius 2 is 2.09 bits per heavy atom. The van der Waals surface area contributed by atoms with Crippen LogP contribution >= 0.6 is 0 Å². The molecule has 0 aromatic carbocycles. The molecule has 6 heteroatoms. The van der Waals surface area contributed by atoms with E-state index in [2.05, 4.69) is 21.2 Å². The predicted molar refractivity (Wildman–Crippen MR) is 82.9 cm³/mol. The van der Waals surface area contributed by atoms with Crippen molar-refractivity contribution in [3.05, 3.63) is 34.6 Å². The van der Waals surface area contributed by atoms with Crippen LogP contribution in [0.25, 0.3) is 0 Å². The molecule has 0 N–H and O–H groups in total. The highest BCUT2D eigenvalue weighted by atomic mass is 16.5. The molecule has 0 spiro atoms. The van der Waals surface area contributed by atoms with Crippen LogP contribution in [0.5, 0.6) is 5.88 Å². The van der Waals surface area contributed by atoms with Crippen LogP contribution in [0.4, 0.5) is 0 Å². The highest BCUT2D eigenvalue weighted by Crippen LogP contribution is 2.25. The minimum absolute atomic E-state index is 0.125. The van der Waals surface area contributed by atoms with Crippen LogP contribution in [0.3, 0.4) is 0 Å². The second-order valence-electron chi connectivity index (χ2n) is 6.11. The van der Waals surface area contributed by atoms with Crippen LogP contribution in [0, 0.1) is 11.3 Å². The molecule has 0 bridgehead atoms. The Morgan fingerprint density at radius 3 is 2.83 bits per heavy atom. The molecule has 0 amide bonds. The van der Waals surface area contributed by atoms with Crippen molar-refractivity contribution < 1.29 is 9.26 Å². The van der Waals surface area contributed by atoms with Crippen molar-refractivity contribution in [1.82, 2.24) is 15.1 Å². The van der Waals surface area contributed by atoms with E-state index in [9.17, 15) is 5.26 Å². The van der Waals surface area contributed by atoms with Crippen LogP contribution in [0.15, 0.2) is 10.6 Å². The van der Waals surface area contributed by atoms with Gasteiger partial charge in [-0.1, -0.05) is 25.4 Å². The van der Waals surface area contributed by atoms with Gasteiger partial charge in [-0.15, -0.1) is 0 Å². The fraction of sp³-hybridized carbons (Fsp3) is 0.529. The first-order chi connectivity index (χ1) is 11.2. The summed E-state index contributed by atoms with van der Waals surface area (Å²) >= 11 is 0. The monoisotopic (exact) mass is 312 g/mol. The van der Waals surface area contributed by atoms with E-state index < -0.39 is 0 Å². The summed E-state index contributed by atoms with van der Waals surface area (Å²) in [5, 5.41) is 13.2. The highest BCUT2D eigenvalue weighted by Gasteiger charge is 2.16. The lowest BCUT2D eigenvalue weighted by molar-refractivity contribution is 0.234. The number of nitriles is 1. The number of rotatable bonds is 4. The van der Waals surface area contributed by atoms with E-state index in [1.165, 1.54) is 12.0 Å². The Morgan fingerprint density at radius 1 is 1.26 bits per heavy atom. The summed E-state index contributed by atoms with van der Waals surface area (Å²) in [7, 11) is 0. The average molecular weight is 312 g/mol. The molecule has 2 aromatic heterocycles. The number of hydrogen-bond donors (Lipinski definition) is 0. The van der Waals surface area contributed by atoms with Crippen LogP contribution in [-0.2, 0) is 19.4 Å². The molecule has 0 unspecified atom stereocenters. The Kier molecular flexibility index (Phi) is 4.56. The average Bonchev–Trinajstić information content (AvgIpc) is 2.91. The zero-order valence-electron chi connectivity index (χ0n) is 13.5. The molecule has 1 aliphatic carbocycles. The molecule has 0 radical (unpaired) electrons. The van der Waals surface area contributed by atoms with Crippen molar-refractivity contribution in [3.63, 3.8) is 0 Å². The number of ether oxygens (including phenoxy) is 1. The third kappa shape index (κ3) is 3.50. The van der Waals surface area contributed by atoms with Gasteiger partial charge in [0.1, 0.15) is 11.6 Å². The zero-order valence-corrected chi connectivity index (χ0v) is 13.5. The second kappa shape index (κ2) is 6.78. The summed E-state index contributed by atoms with van der Waals surface area (Å²) in [6.07, 6.45) is 5.41. The molecule has 6 nitrogen and oxygen atoms in total. The fourth-order valence-corrected chi connectivity index (χ4v) is 2.67. The lowest BCUT2D eigenvalue weighted by Gasteiger charge is -2.10. The van der Waals surface area contributed by atoms with Gasteiger partial charge in [0.25, 0.3) is 5.89 Å². The van der Waals surface area contributed by atoms with E-state index in [4.69, 9.17) is 9.26 Å². The van der Waals surface area contributed by atoms with Crippen molar-refractivity contribution >= 4 is 0 Å². The molecule has 0 saturated carbocycles. The molecule has 0 atom stereocenters. The van der Waals surface area contributed by atoms with Gasteiger partial charge in [0.2, 0.25) is 5.88 Å². The maximum absolute atomic E-state index is 9.34. The zero-order chi connectivity index (χ0) is 16.2. The predicted octanol–water partition coefficient (Wildman–Crippen LogP) is 3.31. The number of nitrogens with zero attached hydrogens (tertiary/aromatic N) is 4. The summed E-state index contributed by atoms with van der Waals surface area (Å²) in [4.78, 5) is 8.84. The second-order valence-corrected chi connectivity index (χ2v) is 6.11. The summed E-state index contributed by atoms with van der Waals surface area (Å²) in [6.45, 7) is 4.12. The largest absolute Gasteiger partial charge is 0.467 e. The molecule has 120 valence electrons. The van der Waals surface area contributed by atoms with Crippen molar-refractivity contribution in [2.45, 2.75) is 58.5 Å². The molecule has 3 rings (SSSR count). The molecule has 0 fully saturated rings. The fourth-order valence-electron chi connectivity index (χ4n) is 2.67. The van der Waals surface area contributed by atoms with Crippen molar-refractivity contribution in [2.24, 2.45) is 0 Å². The molecule has 0 saturated heterocycles. The number of hydrogen-bond acceptors (Lipinski definition) is 6. The topological polar surface area (TPSA) is 84.8 Å². The molecule has 1 aliphatic rings. The van der Waals surface area contributed by atoms with Gasteiger partial charge in [0.05, 0.1) is 0 Å². The van der Waals surface area contributed by atoms with Gasteiger partial charge in [0.15, 0.2) is 12.4 Å². The van der Waals surface area contributed by atoms with E-state index in [0.717, 1.165) is 31.4 Å². The van der Waals surface area contributed by atoms with Gasteiger partial charge < -0.3 is 9.26 Å². The Hall–Kier alpha value is -2.42. The minimum atomic E-state index is 0.125. The number of aromatic nitrogens is 3. The summed E-state index contributed by atoms with van der Waals surface area (Å²) in [5.41, 5.74) is 2.69. The summed E-state index contributed by atoms with van der Waals surface area (Å²) in [6, 6.07) is 4.08. The molecule has 2 aromatic rings. The number of aryl methyl sites for hydroxylation is 2. The van der Waals surface area contributed by atoms with Crippen molar-refractivity contribution in [2.75, 3.05) is 0 Å². The lowest BCUT2D eigenvalue weighted by Crippen LogP contribution is -2.04. The smallest absolute Gasteiger partial charge is 0.264 e. The van der Waals surface area contributed by atoms with Crippen LogP contribution in [0.2, 0.25) is 0 Å². The minimum Gasteiger partial charge on any atom is -0.467 e. The third-order valence-corrected chi connectivity index (χ3v) is 3.97. The van der Waals surface area contributed by atoms with E-state index in [1.54, 1.807) is 0 Å². The third-order valence-electron chi connectivity index (χ3n) is 3.97. The Balaban J connectivity index is 1.78. The maximum Gasteiger partial charge on any atom is 0.264 e.